The summed E-state index contributed by atoms with van der Waals surface area (Å²) in [4.78, 5) is 13.2. The first kappa shape index (κ1) is 15.5. The predicted molar refractivity (Wildman–Crippen MR) is 79.5 cm³/mol. The van der Waals surface area contributed by atoms with Gasteiger partial charge in [-0.05, 0) is 36.5 Å². The summed E-state index contributed by atoms with van der Waals surface area (Å²) in [6.45, 7) is 5.32. The molecule has 0 saturated carbocycles. The number of hydrogen-bond acceptors (Lipinski definition) is 3. The van der Waals surface area contributed by atoms with Crippen LogP contribution < -0.4 is 4.90 Å². The van der Waals surface area contributed by atoms with Gasteiger partial charge in [-0.2, -0.15) is 0 Å². The molecule has 106 valence electrons. The third kappa shape index (κ3) is 5.77. The van der Waals surface area contributed by atoms with E-state index in [9.17, 15) is 4.79 Å². The first-order chi connectivity index (χ1) is 9.02. The van der Waals surface area contributed by atoms with E-state index in [0.29, 0.717) is 12.3 Å². The van der Waals surface area contributed by atoms with Gasteiger partial charge in [-0.15, -0.1) is 0 Å². The summed E-state index contributed by atoms with van der Waals surface area (Å²) in [5, 5.41) is 0. The van der Waals surface area contributed by atoms with E-state index in [0.717, 1.165) is 19.4 Å². The van der Waals surface area contributed by atoms with Crippen LogP contribution in [0.15, 0.2) is 24.3 Å². The number of hydrogen-bond donors (Lipinski definition) is 0. The second kappa shape index (κ2) is 7.82. The Labute approximate surface area is 116 Å². The van der Waals surface area contributed by atoms with Gasteiger partial charge in [0.05, 0.1) is 7.11 Å². The van der Waals surface area contributed by atoms with Crippen LogP contribution in [0.1, 0.15) is 32.3 Å². The largest absolute Gasteiger partial charge is 0.469 e. The van der Waals surface area contributed by atoms with Crippen LogP contribution in [-0.4, -0.2) is 26.7 Å². The van der Waals surface area contributed by atoms with Crippen molar-refractivity contribution >= 4 is 11.7 Å². The molecule has 0 aliphatic heterocycles. The number of ether oxygens (including phenoxy) is 1. The summed E-state index contributed by atoms with van der Waals surface area (Å²) in [5.41, 5.74) is 2.57. The minimum absolute atomic E-state index is 0.138. The van der Waals surface area contributed by atoms with Crippen molar-refractivity contribution in [3.63, 3.8) is 0 Å². The first-order valence-corrected chi connectivity index (χ1v) is 6.89. The summed E-state index contributed by atoms with van der Waals surface area (Å²) in [6, 6.07) is 8.67. The van der Waals surface area contributed by atoms with Crippen LogP contribution in [0.5, 0.6) is 0 Å². The lowest BCUT2D eigenvalue weighted by atomic mass is 10.0. The van der Waals surface area contributed by atoms with Gasteiger partial charge >= 0.3 is 5.97 Å². The number of methoxy groups -OCH3 is 1. The summed E-state index contributed by atoms with van der Waals surface area (Å²) >= 11 is 0. The maximum atomic E-state index is 11.0. The molecule has 1 aromatic rings. The summed E-state index contributed by atoms with van der Waals surface area (Å²) < 4.78 is 4.63. The molecule has 0 atom stereocenters. The Bertz CT molecular complexity index is 384. The lowest BCUT2D eigenvalue weighted by molar-refractivity contribution is -0.140. The normalized spacial score (nSPS) is 10.6. The molecule has 1 aromatic carbocycles. The third-order valence-electron chi connectivity index (χ3n) is 3.12. The average molecular weight is 263 g/mol. The molecule has 3 nitrogen and oxygen atoms in total. The van der Waals surface area contributed by atoms with Crippen molar-refractivity contribution in [1.82, 2.24) is 0 Å². The molecule has 0 bridgehead atoms. The Morgan fingerprint density at radius 2 is 1.89 bits per heavy atom. The molecular formula is C16H25NO2. The number of benzene rings is 1. The first-order valence-electron chi connectivity index (χ1n) is 6.89. The van der Waals surface area contributed by atoms with Gasteiger partial charge < -0.3 is 9.64 Å². The number of carbonyl (C=O) groups excluding carboxylic acids is 1. The topological polar surface area (TPSA) is 29.5 Å². The maximum absolute atomic E-state index is 11.0. The zero-order valence-electron chi connectivity index (χ0n) is 12.5. The predicted octanol–water partition coefficient (Wildman–Crippen LogP) is 3.27. The minimum atomic E-state index is -0.138. The van der Waals surface area contributed by atoms with Gasteiger partial charge in [0.1, 0.15) is 0 Å². The van der Waals surface area contributed by atoms with Crippen molar-refractivity contribution in [2.24, 2.45) is 5.92 Å². The standard InChI is InChI=1S/C16H25NO2/c1-13(2)12-14-7-9-15(10-8-14)17(3)11-5-6-16(18)19-4/h7-10,13H,5-6,11-12H2,1-4H3. The number of nitrogens with zero attached hydrogens (tertiary/aromatic N) is 1. The molecule has 0 heterocycles. The average Bonchev–Trinajstić information content (AvgIpc) is 2.38. The molecule has 1 rings (SSSR count). The Kier molecular flexibility index (Phi) is 6.40. The molecule has 3 heteroatoms. The fraction of sp³-hybridized carbons (Fsp3) is 0.562. The number of esters is 1. The van der Waals surface area contributed by atoms with Crippen molar-refractivity contribution < 1.29 is 9.53 Å². The highest BCUT2D eigenvalue weighted by molar-refractivity contribution is 5.69. The van der Waals surface area contributed by atoms with E-state index in [1.54, 1.807) is 0 Å². The van der Waals surface area contributed by atoms with Gasteiger partial charge in [-0.25, -0.2) is 0 Å². The monoisotopic (exact) mass is 263 g/mol. The van der Waals surface area contributed by atoms with Gasteiger partial charge in [0, 0.05) is 25.7 Å². The van der Waals surface area contributed by atoms with Crippen molar-refractivity contribution in [2.75, 3.05) is 25.6 Å². The van der Waals surface area contributed by atoms with E-state index in [2.05, 4.69) is 54.8 Å². The van der Waals surface area contributed by atoms with Crippen molar-refractivity contribution in [3.05, 3.63) is 29.8 Å². The Hall–Kier alpha value is -1.51. The Morgan fingerprint density at radius 3 is 2.42 bits per heavy atom. The van der Waals surface area contributed by atoms with Gasteiger partial charge in [-0.3, -0.25) is 4.79 Å². The molecule has 0 N–H and O–H groups in total. The molecule has 0 fully saturated rings. The van der Waals surface area contributed by atoms with Crippen LogP contribution in [0.25, 0.3) is 0 Å². The van der Waals surface area contributed by atoms with Crippen molar-refractivity contribution in [1.29, 1.82) is 0 Å². The number of rotatable bonds is 7. The molecule has 0 aliphatic rings. The van der Waals surface area contributed by atoms with E-state index < -0.39 is 0 Å². The lowest BCUT2D eigenvalue weighted by Gasteiger charge is -2.19. The maximum Gasteiger partial charge on any atom is 0.305 e. The van der Waals surface area contributed by atoms with E-state index in [-0.39, 0.29) is 5.97 Å². The smallest absolute Gasteiger partial charge is 0.305 e. The lowest BCUT2D eigenvalue weighted by Crippen LogP contribution is -2.19. The highest BCUT2D eigenvalue weighted by Crippen LogP contribution is 2.16. The van der Waals surface area contributed by atoms with Crippen LogP contribution in [0.4, 0.5) is 5.69 Å². The Balaban J connectivity index is 2.44. The number of anilines is 1. The molecule has 0 aliphatic carbocycles. The van der Waals surface area contributed by atoms with Gasteiger partial charge in [0.15, 0.2) is 0 Å². The fourth-order valence-electron chi connectivity index (χ4n) is 2.05. The van der Waals surface area contributed by atoms with E-state index >= 15 is 0 Å². The second-order valence-electron chi connectivity index (χ2n) is 5.37. The Morgan fingerprint density at radius 1 is 1.26 bits per heavy atom. The van der Waals surface area contributed by atoms with E-state index in [1.165, 1.54) is 18.4 Å². The summed E-state index contributed by atoms with van der Waals surface area (Å²) in [5.74, 6) is 0.546. The summed E-state index contributed by atoms with van der Waals surface area (Å²) in [6.07, 6.45) is 2.41. The third-order valence-corrected chi connectivity index (χ3v) is 3.12. The SMILES string of the molecule is COC(=O)CCCN(C)c1ccc(CC(C)C)cc1. The molecule has 0 radical (unpaired) electrons. The molecule has 19 heavy (non-hydrogen) atoms. The minimum Gasteiger partial charge on any atom is -0.469 e. The van der Waals surface area contributed by atoms with Gasteiger partial charge in [0.2, 0.25) is 0 Å². The molecule has 0 aromatic heterocycles. The van der Waals surface area contributed by atoms with Crippen molar-refractivity contribution in [3.8, 4) is 0 Å². The molecule has 0 unspecified atom stereocenters. The number of carbonyl (C=O) groups is 1. The molecule has 0 spiro atoms. The van der Waals surface area contributed by atoms with Crippen LogP contribution in [0.3, 0.4) is 0 Å². The van der Waals surface area contributed by atoms with E-state index in [4.69, 9.17) is 0 Å². The van der Waals surface area contributed by atoms with Crippen LogP contribution in [-0.2, 0) is 16.0 Å². The highest BCUT2D eigenvalue weighted by Gasteiger charge is 2.04. The van der Waals surface area contributed by atoms with Crippen LogP contribution in [0.2, 0.25) is 0 Å². The molecule has 0 saturated heterocycles. The molecule has 0 amide bonds. The quantitative estimate of drug-likeness (QED) is 0.707. The zero-order chi connectivity index (χ0) is 14.3. The second-order valence-corrected chi connectivity index (χ2v) is 5.37. The van der Waals surface area contributed by atoms with Crippen molar-refractivity contribution in [2.45, 2.75) is 33.1 Å². The zero-order valence-corrected chi connectivity index (χ0v) is 12.5. The summed E-state index contributed by atoms with van der Waals surface area (Å²) in [7, 11) is 3.48. The van der Waals surface area contributed by atoms with Crippen LogP contribution >= 0.6 is 0 Å². The van der Waals surface area contributed by atoms with E-state index in [1.807, 2.05) is 0 Å². The molecular weight excluding hydrogens is 238 g/mol. The fourth-order valence-corrected chi connectivity index (χ4v) is 2.05. The van der Waals surface area contributed by atoms with Gasteiger partial charge in [-0.1, -0.05) is 26.0 Å². The van der Waals surface area contributed by atoms with Gasteiger partial charge in [0.25, 0.3) is 0 Å². The highest BCUT2D eigenvalue weighted by atomic mass is 16.5. The van der Waals surface area contributed by atoms with Crippen LogP contribution in [0, 0.1) is 5.92 Å².